The van der Waals surface area contributed by atoms with Crippen molar-refractivity contribution in [1.82, 2.24) is 0 Å². The van der Waals surface area contributed by atoms with E-state index in [9.17, 15) is 4.79 Å². The highest BCUT2D eigenvalue weighted by Gasteiger charge is 2.38. The summed E-state index contributed by atoms with van der Waals surface area (Å²) in [6, 6.07) is 0.856. The molecule has 0 aromatic rings. The molecular formula is C13H26O4Si. The smallest absolute Gasteiger partial charge is 0.377 e. The number of carbonyl (C=O) groups excluding carboxylic acids is 1. The van der Waals surface area contributed by atoms with Gasteiger partial charge < -0.3 is 13.6 Å². The van der Waals surface area contributed by atoms with Gasteiger partial charge in [0.05, 0.1) is 0 Å². The lowest BCUT2D eigenvalue weighted by atomic mass is 10.4. The number of carbonyl (C=O) groups is 1. The van der Waals surface area contributed by atoms with Crippen LogP contribution in [0.3, 0.4) is 0 Å². The van der Waals surface area contributed by atoms with Gasteiger partial charge in [0.25, 0.3) is 0 Å². The summed E-state index contributed by atoms with van der Waals surface area (Å²) in [6.07, 6.45) is 2.35. The Hall–Kier alpha value is -0.653. The van der Waals surface area contributed by atoms with Crippen LogP contribution in [-0.4, -0.2) is 34.0 Å². The van der Waals surface area contributed by atoms with Crippen LogP contribution in [-0.2, 0) is 18.4 Å². The molecule has 0 unspecified atom stereocenters. The van der Waals surface area contributed by atoms with Crippen LogP contribution in [0.5, 0.6) is 0 Å². The Labute approximate surface area is 112 Å². The number of hydrogen-bond acceptors (Lipinski definition) is 4. The van der Waals surface area contributed by atoms with E-state index in [-0.39, 0.29) is 12.2 Å². The number of rotatable bonds is 10. The van der Waals surface area contributed by atoms with Crippen molar-refractivity contribution in [2.75, 3.05) is 19.4 Å². The molecule has 0 bridgehead atoms. The molecule has 0 saturated heterocycles. The van der Waals surface area contributed by atoms with Gasteiger partial charge in [-0.3, -0.25) is 0 Å². The molecule has 0 heterocycles. The number of unbranched alkanes of at least 4 members (excludes halogenated alkanes) is 1. The monoisotopic (exact) mass is 274 g/mol. The Morgan fingerprint density at radius 1 is 1.17 bits per heavy atom. The summed E-state index contributed by atoms with van der Waals surface area (Å²) >= 11 is 0. The SMILES string of the molecule is C=C(C)C(=O)OC[Si](CCCC)(OCC)OCC. The van der Waals surface area contributed by atoms with Gasteiger partial charge in [0.15, 0.2) is 0 Å². The van der Waals surface area contributed by atoms with Crippen LogP contribution < -0.4 is 0 Å². The highest BCUT2D eigenvalue weighted by Crippen LogP contribution is 2.18. The van der Waals surface area contributed by atoms with Gasteiger partial charge in [-0.1, -0.05) is 26.3 Å². The first-order chi connectivity index (χ1) is 8.51. The van der Waals surface area contributed by atoms with Gasteiger partial charge in [-0.05, 0) is 26.8 Å². The van der Waals surface area contributed by atoms with Crippen LogP contribution in [0.15, 0.2) is 12.2 Å². The summed E-state index contributed by atoms with van der Waals surface area (Å²) in [7, 11) is -2.41. The van der Waals surface area contributed by atoms with Crippen molar-refractivity contribution in [3.63, 3.8) is 0 Å². The molecule has 18 heavy (non-hydrogen) atoms. The summed E-state index contributed by atoms with van der Waals surface area (Å²) < 4.78 is 16.9. The van der Waals surface area contributed by atoms with Gasteiger partial charge in [0.2, 0.25) is 0 Å². The van der Waals surface area contributed by atoms with E-state index in [4.69, 9.17) is 13.6 Å². The van der Waals surface area contributed by atoms with Crippen molar-refractivity contribution >= 4 is 14.5 Å². The minimum Gasteiger partial charge on any atom is -0.460 e. The van der Waals surface area contributed by atoms with Crippen molar-refractivity contribution in [3.05, 3.63) is 12.2 Å². The fourth-order valence-electron chi connectivity index (χ4n) is 1.61. The molecule has 0 spiro atoms. The van der Waals surface area contributed by atoms with E-state index < -0.39 is 8.56 Å². The topological polar surface area (TPSA) is 44.8 Å². The molecule has 0 N–H and O–H groups in total. The lowest BCUT2D eigenvalue weighted by Crippen LogP contribution is -2.48. The minimum absolute atomic E-state index is 0.250. The standard InChI is InChI=1S/C13H26O4Si/c1-6-9-10-18(16-7-2,17-8-3)11-15-13(14)12(4)5/h4,6-11H2,1-3,5H3. The van der Waals surface area contributed by atoms with E-state index in [1.165, 1.54) is 0 Å². The molecule has 0 aromatic carbocycles. The zero-order valence-corrected chi connectivity index (χ0v) is 13.1. The molecule has 0 aliphatic rings. The average molecular weight is 274 g/mol. The van der Waals surface area contributed by atoms with Gasteiger partial charge in [0.1, 0.15) is 6.23 Å². The van der Waals surface area contributed by atoms with E-state index in [0.29, 0.717) is 18.8 Å². The van der Waals surface area contributed by atoms with Crippen LogP contribution in [0, 0.1) is 0 Å². The fraction of sp³-hybridized carbons (Fsp3) is 0.769. The van der Waals surface area contributed by atoms with Crippen LogP contribution >= 0.6 is 0 Å². The molecule has 0 aromatic heterocycles. The third-order valence-electron chi connectivity index (χ3n) is 2.50. The molecule has 0 rings (SSSR count). The van der Waals surface area contributed by atoms with Gasteiger partial charge in [-0.25, -0.2) is 4.79 Å². The second kappa shape index (κ2) is 9.30. The number of ether oxygens (including phenoxy) is 1. The van der Waals surface area contributed by atoms with Crippen molar-refractivity contribution in [3.8, 4) is 0 Å². The normalized spacial score (nSPS) is 11.3. The van der Waals surface area contributed by atoms with Gasteiger partial charge >= 0.3 is 14.5 Å². The molecule has 106 valence electrons. The Morgan fingerprint density at radius 3 is 2.11 bits per heavy atom. The van der Waals surface area contributed by atoms with E-state index in [0.717, 1.165) is 18.9 Å². The van der Waals surface area contributed by atoms with Crippen LogP contribution in [0.2, 0.25) is 6.04 Å². The quantitative estimate of drug-likeness (QED) is 0.349. The maximum atomic E-state index is 11.5. The molecule has 0 aliphatic heterocycles. The Morgan fingerprint density at radius 2 is 1.72 bits per heavy atom. The summed E-state index contributed by atoms with van der Waals surface area (Å²) in [5, 5.41) is 0. The van der Waals surface area contributed by atoms with E-state index in [2.05, 4.69) is 13.5 Å². The maximum absolute atomic E-state index is 11.5. The third kappa shape index (κ3) is 6.33. The van der Waals surface area contributed by atoms with Gasteiger partial charge in [-0.2, -0.15) is 0 Å². The highest BCUT2D eigenvalue weighted by molar-refractivity contribution is 6.67. The number of esters is 1. The molecule has 0 saturated carbocycles. The number of hydrogen-bond donors (Lipinski definition) is 0. The van der Waals surface area contributed by atoms with Crippen LogP contribution in [0.1, 0.15) is 40.5 Å². The lowest BCUT2D eigenvalue weighted by Gasteiger charge is -2.29. The Balaban J connectivity index is 4.58. The zero-order valence-electron chi connectivity index (χ0n) is 12.1. The largest absolute Gasteiger partial charge is 0.460 e. The molecule has 0 amide bonds. The molecular weight excluding hydrogens is 248 g/mol. The van der Waals surface area contributed by atoms with E-state index >= 15 is 0 Å². The summed E-state index contributed by atoms with van der Waals surface area (Å²) in [4.78, 5) is 11.5. The molecule has 0 radical (unpaired) electrons. The van der Waals surface area contributed by atoms with Crippen LogP contribution in [0.4, 0.5) is 0 Å². The van der Waals surface area contributed by atoms with Gasteiger partial charge in [0, 0.05) is 18.8 Å². The molecule has 0 fully saturated rings. The van der Waals surface area contributed by atoms with Gasteiger partial charge in [-0.15, -0.1) is 0 Å². The first-order valence-corrected chi connectivity index (χ1v) is 8.85. The fourth-order valence-corrected chi connectivity index (χ4v) is 4.59. The zero-order chi connectivity index (χ0) is 14.0. The Kier molecular flexibility index (Phi) is 8.96. The molecule has 0 aliphatic carbocycles. The summed E-state index contributed by atoms with van der Waals surface area (Å²) in [5.41, 5.74) is 0.404. The van der Waals surface area contributed by atoms with E-state index in [1.54, 1.807) is 6.92 Å². The second-order valence-corrected chi connectivity index (χ2v) is 7.42. The van der Waals surface area contributed by atoms with Crippen molar-refractivity contribution in [1.29, 1.82) is 0 Å². The highest BCUT2D eigenvalue weighted by atomic mass is 28.4. The van der Waals surface area contributed by atoms with Crippen LogP contribution in [0.25, 0.3) is 0 Å². The minimum atomic E-state index is -2.41. The summed E-state index contributed by atoms with van der Waals surface area (Å²) in [6.45, 7) is 12.4. The first-order valence-electron chi connectivity index (χ1n) is 6.61. The third-order valence-corrected chi connectivity index (χ3v) is 5.83. The summed E-state index contributed by atoms with van der Waals surface area (Å²) in [5.74, 6) is -0.372. The van der Waals surface area contributed by atoms with E-state index in [1.807, 2.05) is 13.8 Å². The van der Waals surface area contributed by atoms with Crippen molar-refractivity contribution < 1.29 is 18.4 Å². The first kappa shape index (κ1) is 17.3. The lowest BCUT2D eigenvalue weighted by molar-refractivity contribution is -0.138. The second-order valence-electron chi connectivity index (χ2n) is 4.24. The predicted molar refractivity (Wildman–Crippen MR) is 74.5 cm³/mol. The molecule has 4 nitrogen and oxygen atoms in total. The predicted octanol–water partition coefficient (Wildman–Crippen LogP) is 2.96. The van der Waals surface area contributed by atoms with Crippen molar-refractivity contribution in [2.24, 2.45) is 0 Å². The maximum Gasteiger partial charge on any atom is 0.377 e. The molecule has 0 atom stereocenters. The Bertz CT molecular complexity index is 260. The van der Waals surface area contributed by atoms with Crippen molar-refractivity contribution in [2.45, 2.75) is 46.6 Å². The average Bonchev–Trinajstić information content (AvgIpc) is 2.34. The molecule has 5 heteroatoms.